The van der Waals surface area contributed by atoms with Gasteiger partial charge in [-0.25, -0.2) is 0 Å². The van der Waals surface area contributed by atoms with Gasteiger partial charge in [0.15, 0.2) is 0 Å². The summed E-state index contributed by atoms with van der Waals surface area (Å²) in [4.78, 5) is 9.94. The van der Waals surface area contributed by atoms with E-state index in [4.69, 9.17) is 4.74 Å². The van der Waals surface area contributed by atoms with Crippen molar-refractivity contribution in [1.29, 1.82) is 0 Å². The van der Waals surface area contributed by atoms with E-state index in [2.05, 4.69) is 65.0 Å². The molecular weight excluding hydrogens is 312 g/mol. The van der Waals surface area contributed by atoms with Gasteiger partial charge in [0.25, 0.3) is 0 Å². The number of nitrogens with zero attached hydrogens (tertiary/aromatic N) is 4. The van der Waals surface area contributed by atoms with E-state index in [1.807, 2.05) is 0 Å². The molecule has 2 aliphatic rings. The molecule has 1 aromatic carbocycles. The average molecular weight is 347 g/mol. The van der Waals surface area contributed by atoms with Crippen LogP contribution in [-0.4, -0.2) is 99.2 Å². The molecule has 0 spiro atoms. The van der Waals surface area contributed by atoms with E-state index in [1.54, 1.807) is 0 Å². The van der Waals surface area contributed by atoms with Crippen LogP contribution in [0.25, 0.3) is 0 Å². The zero-order valence-electron chi connectivity index (χ0n) is 16.2. The maximum atomic E-state index is 6.08. The summed E-state index contributed by atoms with van der Waals surface area (Å²) in [6.07, 6.45) is 1.06. The summed E-state index contributed by atoms with van der Waals surface area (Å²) >= 11 is 0. The highest BCUT2D eigenvalue weighted by Crippen LogP contribution is 2.22. The molecule has 0 aliphatic carbocycles. The van der Waals surface area contributed by atoms with Gasteiger partial charge in [0.05, 0.1) is 6.61 Å². The van der Waals surface area contributed by atoms with Crippen molar-refractivity contribution in [2.75, 3.05) is 73.6 Å². The predicted octanol–water partition coefficient (Wildman–Crippen LogP) is 1.45. The van der Waals surface area contributed by atoms with Crippen molar-refractivity contribution < 1.29 is 4.74 Å². The molecule has 1 aromatic rings. The first-order chi connectivity index (χ1) is 12.1. The molecule has 3 rings (SSSR count). The molecule has 0 amide bonds. The van der Waals surface area contributed by atoms with Crippen molar-refractivity contribution in [2.24, 2.45) is 0 Å². The fourth-order valence-corrected chi connectivity index (χ4v) is 3.90. The van der Waals surface area contributed by atoms with Crippen molar-refractivity contribution >= 4 is 0 Å². The van der Waals surface area contributed by atoms with Gasteiger partial charge in [0.1, 0.15) is 5.75 Å². The number of hydrogen-bond acceptors (Lipinski definition) is 5. The number of rotatable bonds is 7. The van der Waals surface area contributed by atoms with E-state index < -0.39 is 0 Å². The van der Waals surface area contributed by atoms with Gasteiger partial charge in [-0.2, -0.15) is 0 Å². The summed E-state index contributed by atoms with van der Waals surface area (Å²) in [5.41, 5.74) is 1.32. The largest absolute Gasteiger partial charge is 0.493 e. The SMILES string of the molecule is CN(C)CCCOc1ccccc1CN1CCN2CCN(C)C[C@H]2C1. The maximum Gasteiger partial charge on any atom is 0.123 e. The van der Waals surface area contributed by atoms with Gasteiger partial charge in [-0.1, -0.05) is 18.2 Å². The third kappa shape index (κ3) is 5.42. The molecule has 25 heavy (non-hydrogen) atoms. The van der Waals surface area contributed by atoms with Crippen LogP contribution in [0, 0.1) is 0 Å². The minimum Gasteiger partial charge on any atom is -0.493 e. The summed E-state index contributed by atoms with van der Waals surface area (Å²) < 4.78 is 6.08. The Morgan fingerprint density at radius 3 is 2.72 bits per heavy atom. The molecule has 1 atom stereocenters. The lowest BCUT2D eigenvalue weighted by molar-refractivity contribution is 0.0172. The molecule has 5 nitrogen and oxygen atoms in total. The number of para-hydroxylation sites is 1. The quantitative estimate of drug-likeness (QED) is 0.695. The highest BCUT2D eigenvalue weighted by molar-refractivity contribution is 5.33. The second-order valence-corrected chi connectivity index (χ2v) is 7.80. The second-order valence-electron chi connectivity index (χ2n) is 7.80. The topological polar surface area (TPSA) is 22.2 Å². The summed E-state index contributed by atoms with van der Waals surface area (Å²) in [7, 11) is 6.46. The molecule has 2 fully saturated rings. The lowest BCUT2D eigenvalue weighted by Crippen LogP contribution is -2.61. The van der Waals surface area contributed by atoms with E-state index in [0.717, 1.165) is 38.4 Å². The van der Waals surface area contributed by atoms with Crippen molar-refractivity contribution in [2.45, 2.75) is 19.0 Å². The van der Waals surface area contributed by atoms with Gasteiger partial charge in [-0.05, 0) is 33.6 Å². The second kappa shape index (κ2) is 8.99. The molecule has 0 unspecified atom stereocenters. The minimum atomic E-state index is 0.681. The number of benzene rings is 1. The molecular formula is C20H34N4O. The molecule has 0 radical (unpaired) electrons. The van der Waals surface area contributed by atoms with E-state index in [1.165, 1.54) is 38.3 Å². The molecule has 2 heterocycles. The van der Waals surface area contributed by atoms with Crippen LogP contribution in [0.2, 0.25) is 0 Å². The number of piperazine rings is 2. The Morgan fingerprint density at radius 2 is 1.88 bits per heavy atom. The highest BCUT2D eigenvalue weighted by Gasteiger charge is 2.30. The van der Waals surface area contributed by atoms with Crippen LogP contribution in [0.4, 0.5) is 0 Å². The smallest absolute Gasteiger partial charge is 0.123 e. The summed E-state index contributed by atoms with van der Waals surface area (Å²) in [5, 5.41) is 0. The third-order valence-electron chi connectivity index (χ3n) is 5.35. The molecule has 2 saturated heterocycles. The number of fused-ring (bicyclic) bond motifs is 1. The molecule has 0 aromatic heterocycles. The van der Waals surface area contributed by atoms with E-state index in [9.17, 15) is 0 Å². The zero-order chi connectivity index (χ0) is 17.6. The Morgan fingerprint density at radius 1 is 1.08 bits per heavy atom. The van der Waals surface area contributed by atoms with Crippen LogP contribution in [0.15, 0.2) is 24.3 Å². The van der Waals surface area contributed by atoms with Gasteiger partial charge in [0, 0.05) is 64.0 Å². The number of ether oxygens (including phenoxy) is 1. The first-order valence-electron chi connectivity index (χ1n) is 9.62. The Bertz CT molecular complexity index is 536. The number of hydrogen-bond donors (Lipinski definition) is 0. The standard InChI is InChI=1S/C20H34N4O/c1-21(2)9-6-14-25-20-8-5-4-7-18(20)15-23-11-13-24-12-10-22(3)16-19(24)17-23/h4-5,7-8,19H,6,9-17H2,1-3H3/t19-/m0/s1. The zero-order valence-corrected chi connectivity index (χ0v) is 16.2. The van der Waals surface area contributed by atoms with Crippen molar-refractivity contribution in [3.8, 4) is 5.75 Å². The first kappa shape index (κ1) is 18.6. The molecule has 0 bridgehead atoms. The minimum absolute atomic E-state index is 0.681. The molecule has 5 heteroatoms. The average Bonchev–Trinajstić information content (AvgIpc) is 2.59. The molecule has 2 aliphatic heterocycles. The third-order valence-corrected chi connectivity index (χ3v) is 5.35. The summed E-state index contributed by atoms with van der Waals surface area (Å²) in [6, 6.07) is 9.24. The normalized spacial score (nSPS) is 23.0. The molecule has 0 N–H and O–H groups in total. The van der Waals surface area contributed by atoms with Gasteiger partial charge < -0.3 is 14.5 Å². The Hall–Kier alpha value is -1.14. The van der Waals surface area contributed by atoms with Crippen LogP contribution < -0.4 is 4.74 Å². The summed E-state index contributed by atoms with van der Waals surface area (Å²) in [5.74, 6) is 1.06. The van der Waals surface area contributed by atoms with Gasteiger partial charge in [-0.3, -0.25) is 9.80 Å². The summed E-state index contributed by atoms with van der Waals surface area (Å²) in [6.45, 7) is 10.0. The molecule has 0 saturated carbocycles. The van der Waals surface area contributed by atoms with Crippen LogP contribution in [0.1, 0.15) is 12.0 Å². The van der Waals surface area contributed by atoms with Gasteiger partial charge in [0.2, 0.25) is 0 Å². The predicted molar refractivity (Wildman–Crippen MR) is 103 cm³/mol. The van der Waals surface area contributed by atoms with Crippen LogP contribution in [0.5, 0.6) is 5.75 Å². The fourth-order valence-electron chi connectivity index (χ4n) is 3.90. The van der Waals surface area contributed by atoms with Crippen molar-refractivity contribution in [1.82, 2.24) is 19.6 Å². The molecule has 140 valence electrons. The monoisotopic (exact) mass is 346 g/mol. The fraction of sp³-hybridized carbons (Fsp3) is 0.700. The van der Waals surface area contributed by atoms with Gasteiger partial charge in [-0.15, -0.1) is 0 Å². The van der Waals surface area contributed by atoms with E-state index >= 15 is 0 Å². The van der Waals surface area contributed by atoms with E-state index in [0.29, 0.717) is 6.04 Å². The maximum absolute atomic E-state index is 6.08. The Balaban J connectivity index is 1.54. The highest BCUT2D eigenvalue weighted by atomic mass is 16.5. The van der Waals surface area contributed by atoms with E-state index in [-0.39, 0.29) is 0 Å². The van der Waals surface area contributed by atoms with Crippen molar-refractivity contribution in [3.63, 3.8) is 0 Å². The first-order valence-corrected chi connectivity index (χ1v) is 9.62. The Labute approximate surface area is 153 Å². The van der Waals surface area contributed by atoms with Gasteiger partial charge >= 0.3 is 0 Å². The van der Waals surface area contributed by atoms with Crippen LogP contribution in [0.3, 0.4) is 0 Å². The van der Waals surface area contributed by atoms with Crippen molar-refractivity contribution in [3.05, 3.63) is 29.8 Å². The lowest BCUT2D eigenvalue weighted by atomic mass is 10.1. The van der Waals surface area contributed by atoms with Crippen LogP contribution >= 0.6 is 0 Å². The number of likely N-dealkylation sites (N-methyl/N-ethyl adjacent to an activating group) is 1. The Kier molecular flexibility index (Phi) is 6.70. The lowest BCUT2D eigenvalue weighted by Gasteiger charge is -2.46. The van der Waals surface area contributed by atoms with Crippen LogP contribution in [-0.2, 0) is 6.54 Å².